The second-order valence-corrected chi connectivity index (χ2v) is 18.4. The summed E-state index contributed by atoms with van der Waals surface area (Å²) in [5, 5.41) is 2.10. The van der Waals surface area contributed by atoms with Crippen LogP contribution in [0, 0.1) is 30.4 Å². The molecule has 0 bridgehead atoms. The van der Waals surface area contributed by atoms with E-state index < -0.39 is 17.5 Å². The Bertz CT molecular complexity index is 3580. The van der Waals surface area contributed by atoms with Crippen LogP contribution in [0.5, 0.6) is 11.5 Å². The van der Waals surface area contributed by atoms with E-state index in [9.17, 15) is 1.37 Å². The number of nitrogens with zero attached hydrogens (tertiary/aromatic N) is 4. The van der Waals surface area contributed by atoms with Crippen LogP contribution in [-0.4, -0.2) is 9.55 Å². The molecule has 11 rings (SSSR count). The molecule has 1 aliphatic heterocycles. The van der Waals surface area contributed by atoms with E-state index >= 15 is 8.78 Å². The molecule has 8 aromatic carbocycles. The van der Waals surface area contributed by atoms with E-state index in [-0.39, 0.29) is 26.5 Å². The fraction of sp³-hybridized carbons (Fsp3) is 0.115. The second-order valence-electron chi connectivity index (χ2n) is 18.4. The Morgan fingerprint density at radius 2 is 1.26 bits per heavy atom. The Kier molecular flexibility index (Phi) is 11.7. The molecule has 0 fully saturated rings. The van der Waals surface area contributed by atoms with Crippen LogP contribution >= 0.6 is 0 Å². The Morgan fingerprint density at radius 3 is 2.01 bits per heavy atom. The summed E-state index contributed by atoms with van der Waals surface area (Å²) in [6.07, 6.45) is 1.87. The molecule has 0 spiro atoms. The largest absolute Gasteiger partial charge is 0.509 e. The first kappa shape index (κ1) is 44.2. The number of para-hydroxylation sites is 4. The van der Waals surface area contributed by atoms with Gasteiger partial charge in [-0.3, -0.25) is 0 Å². The van der Waals surface area contributed by atoms with Crippen molar-refractivity contribution in [2.24, 2.45) is 0 Å². The molecule has 0 unspecified atom stereocenters. The minimum Gasteiger partial charge on any atom is -0.509 e. The molecule has 0 radical (unpaired) electrons. The van der Waals surface area contributed by atoms with Gasteiger partial charge in [0.05, 0.1) is 0 Å². The molecule has 8 heteroatoms. The number of hydrogen-bond donors (Lipinski definition) is 0. The Balaban J connectivity index is 0.00000567. The van der Waals surface area contributed by atoms with Crippen molar-refractivity contribution in [2.75, 3.05) is 9.80 Å². The minimum absolute atomic E-state index is 0. The first-order chi connectivity index (χ1) is 33.3. The van der Waals surface area contributed by atoms with Gasteiger partial charge in [-0.25, -0.2) is 13.8 Å². The van der Waals surface area contributed by atoms with Crippen molar-refractivity contribution in [1.29, 1.82) is 0 Å². The first-order valence-electron chi connectivity index (χ1n) is 23.2. The standard InChI is InChI=1S/C61H47F2N4O.Pt/c1-39(2)49-18-9-10-19-50(49)42-32-46(36-48(33-42)68-47-26-27-54-53-20-11-12-23-55(53)67(58(54)37-47)59-34-43(28-29-64-59)61(3,4)5)65-38-66(57-25-14-13-24-56(57)65)60-51(40-16-7-6-8-17-40)21-15-22-52(60)41-30-44(62)35-45(63)31-41;/h6-35,38-39H,1-5H3;/q-3;/i39D;. The maximum absolute atomic E-state index is 15.0. The molecule has 3 heterocycles. The van der Waals surface area contributed by atoms with Crippen molar-refractivity contribution in [3.05, 3.63) is 224 Å². The van der Waals surface area contributed by atoms with Crippen LogP contribution in [0.3, 0.4) is 0 Å². The first-order valence-corrected chi connectivity index (χ1v) is 22.7. The molecular weight excluding hydrogens is 1040 g/mol. The molecule has 5 nitrogen and oxygen atoms in total. The Morgan fingerprint density at radius 1 is 0.609 bits per heavy atom. The molecule has 344 valence electrons. The number of rotatable bonds is 9. The number of hydrogen-bond acceptors (Lipinski definition) is 4. The van der Waals surface area contributed by atoms with E-state index in [2.05, 4.69) is 83.7 Å². The number of fused-ring (bicyclic) bond motifs is 4. The van der Waals surface area contributed by atoms with E-state index in [0.717, 1.165) is 78.6 Å². The van der Waals surface area contributed by atoms with E-state index in [1.807, 2.05) is 148 Å². The van der Waals surface area contributed by atoms with Gasteiger partial charge in [0.25, 0.3) is 0 Å². The molecule has 0 amide bonds. The fourth-order valence-electron chi connectivity index (χ4n) is 9.41. The number of aromatic nitrogens is 2. The van der Waals surface area contributed by atoms with Crippen LogP contribution in [0.1, 0.15) is 53.0 Å². The van der Waals surface area contributed by atoms with Gasteiger partial charge in [-0.1, -0.05) is 143 Å². The fourth-order valence-corrected chi connectivity index (χ4v) is 9.41. The molecule has 69 heavy (non-hydrogen) atoms. The van der Waals surface area contributed by atoms with Crippen LogP contribution in [-0.2, 0) is 26.5 Å². The number of pyridine rings is 1. The van der Waals surface area contributed by atoms with Gasteiger partial charge < -0.3 is 19.1 Å². The normalized spacial score (nSPS) is 12.8. The van der Waals surface area contributed by atoms with Crippen LogP contribution in [0.25, 0.3) is 61.0 Å². The summed E-state index contributed by atoms with van der Waals surface area (Å²) < 4.78 is 48.3. The quantitative estimate of drug-likeness (QED) is 0.135. The average Bonchev–Trinajstić information content (AvgIpc) is 3.89. The van der Waals surface area contributed by atoms with Crippen LogP contribution in [0.4, 0.5) is 31.5 Å². The van der Waals surface area contributed by atoms with Gasteiger partial charge in [0, 0.05) is 79.9 Å². The summed E-state index contributed by atoms with van der Waals surface area (Å²) in [6, 6.07) is 63.4. The van der Waals surface area contributed by atoms with Crippen molar-refractivity contribution < 1.29 is 36.0 Å². The van der Waals surface area contributed by atoms with Crippen molar-refractivity contribution in [3.8, 4) is 50.7 Å². The molecule has 10 aromatic rings. The van der Waals surface area contributed by atoms with Gasteiger partial charge in [-0.05, 0) is 87.0 Å². The van der Waals surface area contributed by atoms with E-state index in [0.29, 0.717) is 28.3 Å². The van der Waals surface area contributed by atoms with Gasteiger partial charge in [-0.15, -0.1) is 53.6 Å². The maximum atomic E-state index is 15.0. The molecule has 0 atom stereocenters. The van der Waals surface area contributed by atoms with Crippen LogP contribution < -0.4 is 14.5 Å². The third-order valence-electron chi connectivity index (χ3n) is 12.7. The molecule has 2 aromatic heterocycles. The topological polar surface area (TPSA) is 33.5 Å². The summed E-state index contributed by atoms with van der Waals surface area (Å²) in [6.45, 7) is 12.4. The summed E-state index contributed by atoms with van der Waals surface area (Å²) >= 11 is 0. The maximum Gasteiger partial charge on any atom is 0.135 e. The molecular formula is C61H47F2N4OPt-3. The van der Waals surface area contributed by atoms with Gasteiger partial charge in [0.2, 0.25) is 0 Å². The molecule has 0 saturated heterocycles. The average molecular weight is 1090 g/mol. The predicted molar refractivity (Wildman–Crippen MR) is 273 cm³/mol. The van der Waals surface area contributed by atoms with E-state index in [1.54, 1.807) is 0 Å². The van der Waals surface area contributed by atoms with Crippen LogP contribution in [0.15, 0.2) is 182 Å². The van der Waals surface area contributed by atoms with Gasteiger partial charge in [0.1, 0.15) is 17.5 Å². The summed E-state index contributed by atoms with van der Waals surface area (Å²) in [7, 11) is 0. The molecule has 1 aliphatic rings. The summed E-state index contributed by atoms with van der Waals surface area (Å²) in [5.74, 6) is -0.515. The summed E-state index contributed by atoms with van der Waals surface area (Å²) in [5.41, 5.74) is 11.5. The molecule has 0 saturated carbocycles. The zero-order valence-electron chi connectivity index (χ0n) is 39.7. The van der Waals surface area contributed by atoms with E-state index in [1.165, 1.54) is 17.7 Å². The van der Waals surface area contributed by atoms with Gasteiger partial charge >= 0.3 is 0 Å². The second kappa shape index (κ2) is 18.3. The zero-order chi connectivity index (χ0) is 47.6. The SMILES string of the molecule is [2H]C(C)(C)c1ccccc1-c1cc(Oc2[c-]c3c(cc2)c2ccccc2n3-c2cc(C(C)(C)C)ccn2)[c-]c(N2[CH-]N(c3c(-c4ccccc4)cccc3-c3cc(F)cc(F)c3)c3ccccc32)c1.[Pt]. The third kappa shape index (κ3) is 8.50. The molecule has 0 aliphatic carbocycles. The van der Waals surface area contributed by atoms with Crippen molar-refractivity contribution >= 4 is 44.6 Å². The van der Waals surface area contributed by atoms with Gasteiger partial charge in [0.15, 0.2) is 0 Å². The van der Waals surface area contributed by atoms with Crippen molar-refractivity contribution in [3.63, 3.8) is 0 Å². The van der Waals surface area contributed by atoms with E-state index in [4.69, 9.17) is 9.72 Å². The number of benzene rings is 8. The Labute approximate surface area is 418 Å². The minimum atomic E-state index is -0.918. The predicted octanol–water partition coefficient (Wildman–Crippen LogP) is 16.7. The number of halogens is 2. The van der Waals surface area contributed by atoms with Crippen LogP contribution in [0.2, 0.25) is 0 Å². The smallest absolute Gasteiger partial charge is 0.135 e. The molecule has 0 N–H and O–H groups in total. The third-order valence-corrected chi connectivity index (χ3v) is 12.7. The Hall–Kier alpha value is -7.34. The monoisotopic (exact) mass is 1090 g/mol. The number of ether oxygens (including phenoxy) is 1. The van der Waals surface area contributed by atoms with Gasteiger partial charge in [-0.2, -0.15) is 6.07 Å². The summed E-state index contributed by atoms with van der Waals surface area (Å²) in [4.78, 5) is 9.02. The van der Waals surface area contributed by atoms with Crippen molar-refractivity contribution in [1.82, 2.24) is 9.55 Å². The van der Waals surface area contributed by atoms with Crippen molar-refractivity contribution in [2.45, 2.75) is 45.9 Å². The zero-order valence-corrected chi connectivity index (χ0v) is 40.9. The number of anilines is 4.